The van der Waals surface area contributed by atoms with E-state index in [1.54, 1.807) is 0 Å². The Morgan fingerprint density at radius 2 is 1.58 bits per heavy atom. The second kappa shape index (κ2) is 6.92. The van der Waals surface area contributed by atoms with Gasteiger partial charge in [-0.3, -0.25) is 4.98 Å². The molecule has 0 saturated carbocycles. The first-order chi connectivity index (χ1) is 12.4. The Kier molecular flexibility index (Phi) is 4.67. The SMILES string of the molecule is CN(C)c1ccc(Nc2c(C(=O)O)cnc3ccc(N(C)C)cc23)cc1. The summed E-state index contributed by atoms with van der Waals surface area (Å²) in [5.41, 5.74) is 4.30. The molecule has 3 rings (SSSR count). The van der Waals surface area contributed by atoms with Crippen molar-refractivity contribution < 1.29 is 9.90 Å². The van der Waals surface area contributed by atoms with Gasteiger partial charge in [0.05, 0.1) is 11.2 Å². The molecular formula is C20H22N4O2. The molecule has 0 spiro atoms. The van der Waals surface area contributed by atoms with Gasteiger partial charge in [-0.1, -0.05) is 0 Å². The fourth-order valence-electron chi connectivity index (χ4n) is 2.74. The van der Waals surface area contributed by atoms with Crippen molar-refractivity contribution in [3.05, 3.63) is 54.2 Å². The van der Waals surface area contributed by atoms with Crippen molar-refractivity contribution in [1.82, 2.24) is 4.98 Å². The largest absolute Gasteiger partial charge is 0.478 e. The molecule has 0 aliphatic carbocycles. The van der Waals surface area contributed by atoms with Crippen LogP contribution in [0.5, 0.6) is 0 Å². The average Bonchev–Trinajstić information content (AvgIpc) is 2.61. The zero-order valence-electron chi connectivity index (χ0n) is 15.3. The zero-order chi connectivity index (χ0) is 18.8. The summed E-state index contributed by atoms with van der Waals surface area (Å²) in [5, 5.41) is 13.6. The minimum absolute atomic E-state index is 0.144. The molecule has 2 N–H and O–H groups in total. The monoisotopic (exact) mass is 350 g/mol. The van der Waals surface area contributed by atoms with Crippen LogP contribution in [0.4, 0.5) is 22.7 Å². The standard InChI is InChI=1S/C20H22N4O2/c1-23(2)14-7-5-13(6-8-14)22-19-16-11-15(24(3)4)9-10-18(16)21-12-17(19)20(25)26/h5-12H,1-4H3,(H,21,22)(H,25,26). The number of carboxylic acid groups (broad SMARTS) is 1. The third-order valence-corrected chi connectivity index (χ3v) is 4.25. The summed E-state index contributed by atoms with van der Waals surface area (Å²) in [6, 6.07) is 13.6. The van der Waals surface area contributed by atoms with Gasteiger partial charge in [-0.15, -0.1) is 0 Å². The first kappa shape index (κ1) is 17.5. The number of fused-ring (bicyclic) bond motifs is 1. The molecule has 134 valence electrons. The van der Waals surface area contributed by atoms with Gasteiger partial charge < -0.3 is 20.2 Å². The number of carbonyl (C=O) groups is 1. The number of nitrogens with one attached hydrogen (secondary N) is 1. The molecule has 6 heteroatoms. The van der Waals surface area contributed by atoms with Crippen LogP contribution in [0, 0.1) is 0 Å². The maximum atomic E-state index is 11.7. The van der Waals surface area contributed by atoms with Crippen molar-refractivity contribution in [2.75, 3.05) is 43.3 Å². The molecule has 0 saturated heterocycles. The van der Waals surface area contributed by atoms with Gasteiger partial charge in [-0.2, -0.15) is 0 Å². The van der Waals surface area contributed by atoms with E-state index in [2.05, 4.69) is 10.3 Å². The van der Waals surface area contributed by atoms with Gasteiger partial charge in [0.1, 0.15) is 5.56 Å². The Balaban J connectivity index is 2.13. The summed E-state index contributed by atoms with van der Waals surface area (Å²) >= 11 is 0. The van der Waals surface area contributed by atoms with Crippen molar-refractivity contribution in [1.29, 1.82) is 0 Å². The summed E-state index contributed by atoms with van der Waals surface area (Å²) in [7, 11) is 7.85. The number of aromatic nitrogens is 1. The number of carboxylic acids is 1. The fraction of sp³-hybridized carbons (Fsp3) is 0.200. The van der Waals surface area contributed by atoms with Crippen LogP contribution < -0.4 is 15.1 Å². The first-order valence-electron chi connectivity index (χ1n) is 8.24. The highest BCUT2D eigenvalue weighted by Gasteiger charge is 2.16. The molecule has 0 bridgehead atoms. The third-order valence-electron chi connectivity index (χ3n) is 4.25. The van der Waals surface area contributed by atoms with E-state index in [9.17, 15) is 9.90 Å². The van der Waals surface area contributed by atoms with Crippen LogP contribution in [-0.4, -0.2) is 44.3 Å². The van der Waals surface area contributed by atoms with E-state index in [-0.39, 0.29) is 5.56 Å². The number of nitrogens with zero attached hydrogens (tertiary/aromatic N) is 3. The van der Waals surface area contributed by atoms with E-state index in [1.165, 1.54) is 6.20 Å². The second-order valence-electron chi connectivity index (χ2n) is 6.51. The van der Waals surface area contributed by atoms with Gasteiger partial charge in [-0.05, 0) is 42.5 Å². The minimum Gasteiger partial charge on any atom is -0.478 e. The Morgan fingerprint density at radius 1 is 0.962 bits per heavy atom. The number of anilines is 4. The fourth-order valence-corrected chi connectivity index (χ4v) is 2.74. The van der Waals surface area contributed by atoms with E-state index in [1.807, 2.05) is 80.5 Å². The van der Waals surface area contributed by atoms with Crippen LogP contribution in [0.2, 0.25) is 0 Å². The number of pyridine rings is 1. The van der Waals surface area contributed by atoms with Crippen molar-refractivity contribution >= 4 is 39.6 Å². The molecule has 26 heavy (non-hydrogen) atoms. The molecule has 0 amide bonds. The number of hydrogen-bond donors (Lipinski definition) is 2. The van der Waals surface area contributed by atoms with Crippen LogP contribution in [0.15, 0.2) is 48.7 Å². The molecule has 6 nitrogen and oxygen atoms in total. The molecule has 1 heterocycles. The van der Waals surface area contributed by atoms with Crippen LogP contribution in [-0.2, 0) is 0 Å². The lowest BCUT2D eigenvalue weighted by Crippen LogP contribution is -2.10. The number of benzene rings is 2. The van der Waals surface area contributed by atoms with Gasteiger partial charge in [0.15, 0.2) is 0 Å². The Bertz CT molecular complexity index is 950. The molecule has 0 atom stereocenters. The quantitative estimate of drug-likeness (QED) is 0.729. The van der Waals surface area contributed by atoms with Crippen LogP contribution in [0.25, 0.3) is 10.9 Å². The molecule has 0 aliphatic rings. The zero-order valence-corrected chi connectivity index (χ0v) is 15.3. The summed E-state index contributed by atoms with van der Waals surface area (Å²) in [6.07, 6.45) is 1.40. The predicted molar refractivity (Wildman–Crippen MR) is 107 cm³/mol. The Labute approximate surface area is 152 Å². The maximum absolute atomic E-state index is 11.7. The molecule has 2 aromatic carbocycles. The highest BCUT2D eigenvalue weighted by atomic mass is 16.4. The third kappa shape index (κ3) is 3.39. The van der Waals surface area contributed by atoms with Crippen molar-refractivity contribution in [3.63, 3.8) is 0 Å². The number of aromatic carboxylic acids is 1. The molecule has 1 aromatic heterocycles. The topological polar surface area (TPSA) is 68.7 Å². The molecular weight excluding hydrogens is 328 g/mol. The van der Waals surface area contributed by atoms with Crippen molar-refractivity contribution in [2.24, 2.45) is 0 Å². The lowest BCUT2D eigenvalue weighted by Gasteiger charge is -2.17. The molecule has 0 fully saturated rings. The summed E-state index contributed by atoms with van der Waals surface area (Å²) in [5.74, 6) is -1.01. The van der Waals surface area contributed by atoms with Gasteiger partial charge in [0, 0.05) is 56.8 Å². The van der Waals surface area contributed by atoms with Crippen LogP contribution in [0.1, 0.15) is 10.4 Å². The number of rotatable bonds is 5. The van der Waals surface area contributed by atoms with Crippen LogP contribution in [0.3, 0.4) is 0 Å². The molecule has 0 aliphatic heterocycles. The van der Waals surface area contributed by atoms with E-state index in [0.29, 0.717) is 5.69 Å². The normalized spacial score (nSPS) is 10.6. The Morgan fingerprint density at radius 3 is 2.15 bits per heavy atom. The van der Waals surface area contributed by atoms with Gasteiger partial charge in [0.2, 0.25) is 0 Å². The first-order valence-corrected chi connectivity index (χ1v) is 8.24. The van der Waals surface area contributed by atoms with E-state index < -0.39 is 5.97 Å². The van der Waals surface area contributed by atoms with Crippen molar-refractivity contribution in [2.45, 2.75) is 0 Å². The lowest BCUT2D eigenvalue weighted by atomic mass is 10.1. The molecule has 0 radical (unpaired) electrons. The average molecular weight is 350 g/mol. The number of hydrogen-bond acceptors (Lipinski definition) is 5. The Hall–Kier alpha value is -3.28. The highest BCUT2D eigenvalue weighted by molar-refractivity contribution is 6.06. The smallest absolute Gasteiger partial charge is 0.339 e. The van der Waals surface area contributed by atoms with Gasteiger partial charge in [0.25, 0.3) is 0 Å². The van der Waals surface area contributed by atoms with E-state index in [4.69, 9.17) is 0 Å². The minimum atomic E-state index is -1.01. The lowest BCUT2D eigenvalue weighted by molar-refractivity contribution is 0.0697. The summed E-state index contributed by atoms with van der Waals surface area (Å²) < 4.78 is 0. The highest BCUT2D eigenvalue weighted by Crippen LogP contribution is 2.32. The van der Waals surface area contributed by atoms with E-state index >= 15 is 0 Å². The van der Waals surface area contributed by atoms with E-state index in [0.717, 1.165) is 28.0 Å². The van der Waals surface area contributed by atoms with Crippen LogP contribution >= 0.6 is 0 Å². The molecule has 3 aromatic rings. The van der Waals surface area contributed by atoms with Gasteiger partial charge in [-0.25, -0.2) is 4.79 Å². The molecule has 0 unspecified atom stereocenters. The predicted octanol–water partition coefficient (Wildman–Crippen LogP) is 3.81. The summed E-state index contributed by atoms with van der Waals surface area (Å²) in [6.45, 7) is 0. The van der Waals surface area contributed by atoms with Gasteiger partial charge >= 0.3 is 5.97 Å². The second-order valence-corrected chi connectivity index (χ2v) is 6.51. The van der Waals surface area contributed by atoms with Crippen molar-refractivity contribution in [3.8, 4) is 0 Å². The summed E-state index contributed by atoms with van der Waals surface area (Å²) in [4.78, 5) is 20.0. The maximum Gasteiger partial charge on any atom is 0.339 e.